The Labute approximate surface area is 110 Å². The van der Waals surface area contributed by atoms with Gasteiger partial charge in [-0.2, -0.15) is 0 Å². The second-order valence-electron chi connectivity index (χ2n) is 4.85. The van der Waals surface area contributed by atoms with Crippen LogP contribution in [0.5, 0.6) is 0 Å². The highest BCUT2D eigenvalue weighted by Gasteiger charge is 2.17. The molecule has 1 aliphatic heterocycles. The van der Waals surface area contributed by atoms with Gasteiger partial charge in [0.15, 0.2) is 0 Å². The molecule has 18 heavy (non-hydrogen) atoms. The molecule has 0 radical (unpaired) electrons. The van der Waals surface area contributed by atoms with Crippen LogP contribution in [0, 0.1) is 0 Å². The summed E-state index contributed by atoms with van der Waals surface area (Å²) in [5.41, 5.74) is 1.42. The van der Waals surface area contributed by atoms with Gasteiger partial charge < -0.3 is 4.90 Å². The Hall–Kier alpha value is -1.38. The lowest BCUT2D eigenvalue weighted by atomic mass is 10.1. The van der Waals surface area contributed by atoms with E-state index in [1.54, 1.807) is 0 Å². The molecule has 1 saturated heterocycles. The van der Waals surface area contributed by atoms with Gasteiger partial charge in [0, 0.05) is 24.6 Å². The van der Waals surface area contributed by atoms with Gasteiger partial charge in [-0.05, 0) is 38.2 Å². The Morgan fingerprint density at radius 2 is 2.06 bits per heavy atom. The van der Waals surface area contributed by atoms with Crippen molar-refractivity contribution in [1.29, 1.82) is 0 Å². The highest BCUT2D eigenvalue weighted by atomic mass is 15.3. The van der Waals surface area contributed by atoms with Crippen LogP contribution in [0.25, 0.3) is 0 Å². The van der Waals surface area contributed by atoms with E-state index in [1.165, 1.54) is 50.6 Å². The third-order valence-electron chi connectivity index (χ3n) is 3.39. The maximum absolute atomic E-state index is 4.37. The Kier molecular flexibility index (Phi) is 5.18. The van der Waals surface area contributed by atoms with Crippen LogP contribution in [-0.4, -0.2) is 16.5 Å². The molecule has 0 bridgehead atoms. The van der Waals surface area contributed by atoms with E-state index in [2.05, 4.69) is 27.9 Å². The Morgan fingerprint density at radius 3 is 2.83 bits per heavy atom. The van der Waals surface area contributed by atoms with Gasteiger partial charge in [-0.15, -0.1) is 0 Å². The number of unbranched alkanes of at least 4 members (excludes halogenated alkanes) is 3. The number of hydrogen-bond acceptors (Lipinski definition) is 3. The van der Waals surface area contributed by atoms with Crippen LogP contribution in [0.3, 0.4) is 0 Å². The topological polar surface area (TPSA) is 29.0 Å². The van der Waals surface area contributed by atoms with Crippen molar-refractivity contribution in [2.24, 2.45) is 0 Å². The van der Waals surface area contributed by atoms with E-state index in [1.807, 2.05) is 18.5 Å². The highest BCUT2D eigenvalue weighted by molar-refractivity contribution is 5.40. The van der Waals surface area contributed by atoms with Crippen molar-refractivity contribution in [1.82, 2.24) is 9.97 Å². The first-order chi connectivity index (χ1) is 8.92. The molecule has 0 atom stereocenters. The number of nitrogens with zero attached hydrogens (tertiary/aromatic N) is 3. The van der Waals surface area contributed by atoms with E-state index in [0.717, 1.165) is 12.5 Å². The molecule has 1 aromatic rings. The zero-order valence-electron chi connectivity index (χ0n) is 11.3. The number of aromatic nitrogens is 2. The Bertz CT molecular complexity index is 373. The summed E-state index contributed by atoms with van der Waals surface area (Å²) in [6.07, 6.45) is 14.8. The minimum Gasteiger partial charge on any atom is -0.315 e. The average Bonchev–Trinajstić information content (AvgIpc) is 2.45. The molecule has 0 aromatic carbocycles. The molecule has 3 nitrogen and oxygen atoms in total. The minimum absolute atomic E-state index is 0.860. The molecule has 2 rings (SSSR count). The fourth-order valence-electron chi connectivity index (χ4n) is 2.39. The summed E-state index contributed by atoms with van der Waals surface area (Å²) >= 11 is 0. The largest absolute Gasteiger partial charge is 0.315 e. The van der Waals surface area contributed by atoms with Gasteiger partial charge in [-0.25, -0.2) is 9.97 Å². The van der Waals surface area contributed by atoms with Crippen molar-refractivity contribution in [2.45, 2.75) is 51.9 Å². The SMILES string of the molecule is CCCCC/C=C1\CCCCN1c1ncccn1. The fraction of sp³-hybridized carbons (Fsp3) is 0.600. The fourth-order valence-corrected chi connectivity index (χ4v) is 2.39. The normalized spacial score (nSPS) is 18.3. The van der Waals surface area contributed by atoms with Crippen molar-refractivity contribution in [3.05, 3.63) is 30.2 Å². The molecule has 0 saturated carbocycles. The standard InChI is InChI=1S/C15H23N3/c1-2-3-4-5-9-14-10-6-7-13-18(14)15-16-11-8-12-17-15/h8-9,11-12H,2-7,10,13H2,1H3/b14-9+. The van der Waals surface area contributed by atoms with Crippen molar-refractivity contribution < 1.29 is 0 Å². The first kappa shape index (κ1) is 13.1. The molecule has 0 spiro atoms. The maximum Gasteiger partial charge on any atom is 0.229 e. The maximum atomic E-state index is 4.37. The van der Waals surface area contributed by atoms with E-state index >= 15 is 0 Å². The van der Waals surface area contributed by atoms with Crippen LogP contribution in [0.2, 0.25) is 0 Å². The third kappa shape index (κ3) is 3.56. The van der Waals surface area contributed by atoms with E-state index in [0.29, 0.717) is 0 Å². The van der Waals surface area contributed by atoms with Crippen molar-refractivity contribution >= 4 is 5.95 Å². The molecule has 0 unspecified atom stereocenters. The van der Waals surface area contributed by atoms with Crippen molar-refractivity contribution in [2.75, 3.05) is 11.4 Å². The van der Waals surface area contributed by atoms with Gasteiger partial charge >= 0.3 is 0 Å². The van der Waals surface area contributed by atoms with E-state index in [4.69, 9.17) is 0 Å². The molecule has 1 aliphatic rings. The molecule has 1 aromatic heterocycles. The van der Waals surface area contributed by atoms with Crippen molar-refractivity contribution in [3.8, 4) is 0 Å². The lowest BCUT2D eigenvalue weighted by molar-refractivity contribution is 0.621. The van der Waals surface area contributed by atoms with E-state index in [-0.39, 0.29) is 0 Å². The summed E-state index contributed by atoms with van der Waals surface area (Å²) in [6.45, 7) is 3.31. The Balaban J connectivity index is 2.02. The molecular formula is C15H23N3. The molecule has 98 valence electrons. The molecule has 3 heteroatoms. The highest BCUT2D eigenvalue weighted by Crippen LogP contribution is 2.24. The number of allylic oxidation sites excluding steroid dienone is 2. The van der Waals surface area contributed by atoms with Crippen molar-refractivity contribution in [3.63, 3.8) is 0 Å². The summed E-state index contributed by atoms with van der Waals surface area (Å²) < 4.78 is 0. The summed E-state index contributed by atoms with van der Waals surface area (Å²) in [7, 11) is 0. The first-order valence-electron chi connectivity index (χ1n) is 7.15. The summed E-state index contributed by atoms with van der Waals surface area (Å²) in [6, 6.07) is 1.87. The number of piperidine rings is 1. The summed E-state index contributed by atoms with van der Waals surface area (Å²) in [4.78, 5) is 11.0. The molecule has 0 N–H and O–H groups in total. The molecule has 1 fully saturated rings. The van der Waals surface area contributed by atoms with Crippen LogP contribution in [0.15, 0.2) is 30.2 Å². The number of anilines is 1. The zero-order chi connectivity index (χ0) is 12.6. The van der Waals surface area contributed by atoms with Crippen LogP contribution in [-0.2, 0) is 0 Å². The zero-order valence-corrected chi connectivity index (χ0v) is 11.3. The van der Waals surface area contributed by atoms with Crippen LogP contribution in [0.4, 0.5) is 5.95 Å². The molecule has 0 amide bonds. The van der Waals surface area contributed by atoms with E-state index < -0.39 is 0 Å². The number of rotatable bonds is 5. The van der Waals surface area contributed by atoms with Crippen LogP contribution >= 0.6 is 0 Å². The monoisotopic (exact) mass is 245 g/mol. The quantitative estimate of drug-likeness (QED) is 0.736. The Morgan fingerprint density at radius 1 is 1.22 bits per heavy atom. The van der Waals surface area contributed by atoms with Crippen LogP contribution < -0.4 is 4.90 Å². The van der Waals surface area contributed by atoms with Gasteiger partial charge in [0.1, 0.15) is 0 Å². The third-order valence-corrected chi connectivity index (χ3v) is 3.39. The second kappa shape index (κ2) is 7.14. The first-order valence-corrected chi connectivity index (χ1v) is 7.15. The summed E-state index contributed by atoms with van der Waals surface area (Å²) in [5, 5.41) is 0. The second-order valence-corrected chi connectivity index (χ2v) is 4.85. The predicted molar refractivity (Wildman–Crippen MR) is 75.5 cm³/mol. The van der Waals surface area contributed by atoms with Gasteiger partial charge in [-0.3, -0.25) is 0 Å². The molecular weight excluding hydrogens is 222 g/mol. The summed E-state index contributed by atoms with van der Waals surface area (Å²) in [5.74, 6) is 0.860. The number of hydrogen-bond donors (Lipinski definition) is 0. The van der Waals surface area contributed by atoms with Crippen LogP contribution in [0.1, 0.15) is 51.9 Å². The van der Waals surface area contributed by atoms with Gasteiger partial charge in [0.2, 0.25) is 5.95 Å². The van der Waals surface area contributed by atoms with Gasteiger partial charge in [0.05, 0.1) is 0 Å². The minimum atomic E-state index is 0.860. The lowest BCUT2D eigenvalue weighted by Crippen LogP contribution is -2.29. The van der Waals surface area contributed by atoms with E-state index in [9.17, 15) is 0 Å². The molecule has 0 aliphatic carbocycles. The average molecular weight is 245 g/mol. The van der Waals surface area contributed by atoms with Gasteiger partial charge in [-0.1, -0.05) is 25.8 Å². The lowest BCUT2D eigenvalue weighted by Gasteiger charge is -2.29. The smallest absolute Gasteiger partial charge is 0.229 e. The predicted octanol–water partition coefficient (Wildman–Crippen LogP) is 3.93. The van der Waals surface area contributed by atoms with Gasteiger partial charge in [0.25, 0.3) is 0 Å². The molecule has 2 heterocycles.